The molecule has 0 N–H and O–H groups in total. The lowest BCUT2D eigenvalue weighted by molar-refractivity contribution is 0.291. The summed E-state index contributed by atoms with van der Waals surface area (Å²) in [5.41, 5.74) is 0.652. The summed E-state index contributed by atoms with van der Waals surface area (Å²) in [5, 5.41) is 8.14. The number of hydrogen-bond donors (Lipinski definition) is 0. The molecular weight excluding hydrogens is 369 g/mol. The summed E-state index contributed by atoms with van der Waals surface area (Å²) in [5.74, 6) is 0.509. The molecule has 0 radical (unpaired) electrons. The van der Waals surface area contributed by atoms with Crippen LogP contribution in [0, 0.1) is 5.82 Å². The van der Waals surface area contributed by atoms with Gasteiger partial charge in [0.2, 0.25) is 21.8 Å². The molecule has 8 heteroatoms. The van der Waals surface area contributed by atoms with E-state index in [1.807, 2.05) is 0 Å². The van der Waals surface area contributed by atoms with Crippen LogP contribution in [0.4, 0.5) is 4.39 Å². The molecule has 0 unspecified atom stereocenters. The Kier molecular flexibility index (Phi) is 4.75. The van der Waals surface area contributed by atoms with Crippen molar-refractivity contribution in [3.63, 3.8) is 0 Å². The van der Waals surface area contributed by atoms with Crippen LogP contribution in [-0.4, -0.2) is 36.0 Å². The number of nitrogens with zero attached hydrogens (tertiary/aromatic N) is 3. The molecule has 3 aromatic rings. The Morgan fingerprint density at radius 1 is 0.963 bits per heavy atom. The van der Waals surface area contributed by atoms with Gasteiger partial charge in [-0.1, -0.05) is 18.2 Å². The average Bonchev–Trinajstić information content (AvgIpc) is 3.19. The topological polar surface area (TPSA) is 76.3 Å². The van der Waals surface area contributed by atoms with E-state index < -0.39 is 10.0 Å². The molecule has 0 atom stereocenters. The zero-order valence-electron chi connectivity index (χ0n) is 14.5. The molecule has 0 amide bonds. The van der Waals surface area contributed by atoms with Crippen molar-refractivity contribution >= 4 is 10.0 Å². The Morgan fingerprint density at radius 2 is 1.63 bits per heavy atom. The van der Waals surface area contributed by atoms with Gasteiger partial charge in [-0.05, 0) is 49.2 Å². The average molecular weight is 387 g/mol. The molecule has 0 saturated carbocycles. The summed E-state index contributed by atoms with van der Waals surface area (Å²) < 4.78 is 45.7. The van der Waals surface area contributed by atoms with E-state index in [4.69, 9.17) is 4.42 Å². The van der Waals surface area contributed by atoms with Crippen molar-refractivity contribution in [3.05, 3.63) is 66.3 Å². The molecule has 2 heterocycles. The van der Waals surface area contributed by atoms with Crippen molar-refractivity contribution in [2.75, 3.05) is 13.1 Å². The Hall–Kier alpha value is -2.58. The lowest BCUT2D eigenvalue weighted by Gasteiger charge is -2.29. The van der Waals surface area contributed by atoms with Crippen molar-refractivity contribution in [1.29, 1.82) is 0 Å². The standard InChI is InChI=1S/C19H18FN3O3S/c20-16-8-6-14(7-9-16)18-21-22-19(26-18)15-10-12-23(13-11-15)27(24,25)17-4-2-1-3-5-17/h1-9,15H,10-13H2. The number of piperidine rings is 1. The molecule has 4 rings (SSSR count). The maximum Gasteiger partial charge on any atom is 0.247 e. The van der Waals surface area contributed by atoms with Crippen LogP contribution in [0.1, 0.15) is 24.7 Å². The molecule has 1 aliphatic rings. The molecule has 0 spiro atoms. The summed E-state index contributed by atoms with van der Waals surface area (Å²) in [6.45, 7) is 0.798. The van der Waals surface area contributed by atoms with Crippen molar-refractivity contribution in [1.82, 2.24) is 14.5 Å². The van der Waals surface area contributed by atoms with Gasteiger partial charge in [0.1, 0.15) is 5.82 Å². The third-order valence-electron chi connectivity index (χ3n) is 4.72. The first-order valence-electron chi connectivity index (χ1n) is 8.68. The fraction of sp³-hybridized carbons (Fsp3) is 0.263. The highest BCUT2D eigenvalue weighted by atomic mass is 32.2. The van der Waals surface area contributed by atoms with Crippen LogP contribution in [0.5, 0.6) is 0 Å². The van der Waals surface area contributed by atoms with Crippen molar-refractivity contribution in [2.45, 2.75) is 23.7 Å². The number of aromatic nitrogens is 2. The summed E-state index contributed by atoms with van der Waals surface area (Å²) in [6, 6.07) is 14.3. The lowest BCUT2D eigenvalue weighted by atomic mass is 9.98. The predicted octanol–water partition coefficient (Wildman–Crippen LogP) is 3.44. The van der Waals surface area contributed by atoms with Gasteiger partial charge in [-0.3, -0.25) is 0 Å². The lowest BCUT2D eigenvalue weighted by Crippen LogP contribution is -2.37. The molecule has 0 bridgehead atoms. The number of hydrogen-bond acceptors (Lipinski definition) is 5. The Labute approximate surface area is 156 Å². The highest BCUT2D eigenvalue weighted by molar-refractivity contribution is 7.89. The zero-order chi connectivity index (χ0) is 18.9. The van der Waals surface area contributed by atoms with E-state index in [2.05, 4.69) is 10.2 Å². The molecule has 1 aliphatic heterocycles. The predicted molar refractivity (Wildman–Crippen MR) is 96.9 cm³/mol. The van der Waals surface area contributed by atoms with Gasteiger partial charge in [0.15, 0.2) is 0 Å². The van der Waals surface area contributed by atoms with Gasteiger partial charge in [0.25, 0.3) is 0 Å². The van der Waals surface area contributed by atoms with E-state index in [9.17, 15) is 12.8 Å². The van der Waals surface area contributed by atoms with Crippen LogP contribution in [0.3, 0.4) is 0 Å². The zero-order valence-corrected chi connectivity index (χ0v) is 15.3. The number of rotatable bonds is 4. The van der Waals surface area contributed by atoms with E-state index in [0.717, 1.165) is 0 Å². The van der Waals surface area contributed by atoms with Crippen LogP contribution < -0.4 is 0 Å². The Bertz CT molecular complexity index is 1010. The van der Waals surface area contributed by atoms with E-state index in [1.54, 1.807) is 42.5 Å². The molecule has 0 aliphatic carbocycles. The summed E-state index contributed by atoms with van der Waals surface area (Å²) in [7, 11) is -3.48. The minimum absolute atomic E-state index is 0.00826. The first-order chi connectivity index (χ1) is 13.0. The van der Waals surface area contributed by atoms with Gasteiger partial charge in [-0.15, -0.1) is 10.2 Å². The van der Waals surface area contributed by atoms with Gasteiger partial charge in [0.05, 0.1) is 4.90 Å². The van der Waals surface area contributed by atoms with E-state index >= 15 is 0 Å². The monoisotopic (exact) mass is 387 g/mol. The van der Waals surface area contributed by atoms with E-state index in [0.29, 0.717) is 48.2 Å². The molecule has 27 heavy (non-hydrogen) atoms. The van der Waals surface area contributed by atoms with Gasteiger partial charge in [-0.2, -0.15) is 4.31 Å². The van der Waals surface area contributed by atoms with E-state index in [1.165, 1.54) is 16.4 Å². The second-order valence-corrected chi connectivity index (χ2v) is 8.38. The van der Waals surface area contributed by atoms with Gasteiger partial charge < -0.3 is 4.42 Å². The van der Waals surface area contributed by atoms with Crippen molar-refractivity contribution in [3.8, 4) is 11.5 Å². The molecule has 140 valence electrons. The van der Waals surface area contributed by atoms with Crippen LogP contribution in [0.25, 0.3) is 11.5 Å². The fourth-order valence-corrected chi connectivity index (χ4v) is 4.68. The SMILES string of the molecule is O=S(=O)(c1ccccc1)N1CCC(c2nnc(-c3ccc(F)cc3)o2)CC1. The van der Waals surface area contributed by atoms with Gasteiger partial charge >= 0.3 is 0 Å². The number of benzene rings is 2. The summed E-state index contributed by atoms with van der Waals surface area (Å²) in [4.78, 5) is 0.305. The molecule has 1 aromatic heterocycles. The van der Waals surface area contributed by atoms with Crippen molar-refractivity contribution < 1.29 is 17.2 Å². The van der Waals surface area contributed by atoms with Gasteiger partial charge in [-0.25, -0.2) is 12.8 Å². The minimum atomic E-state index is -3.48. The van der Waals surface area contributed by atoms with Crippen LogP contribution in [0.2, 0.25) is 0 Å². The summed E-state index contributed by atoms with van der Waals surface area (Å²) in [6.07, 6.45) is 1.22. The largest absolute Gasteiger partial charge is 0.420 e. The smallest absolute Gasteiger partial charge is 0.247 e. The first-order valence-corrected chi connectivity index (χ1v) is 10.1. The number of halogens is 1. The maximum atomic E-state index is 13.0. The molecular formula is C19H18FN3O3S. The van der Waals surface area contributed by atoms with Crippen LogP contribution >= 0.6 is 0 Å². The van der Waals surface area contributed by atoms with Crippen LogP contribution in [0.15, 0.2) is 63.9 Å². The molecule has 1 fully saturated rings. The quantitative estimate of drug-likeness (QED) is 0.685. The number of sulfonamides is 1. The normalized spacial score (nSPS) is 16.5. The first kappa shape index (κ1) is 17.8. The molecule has 6 nitrogen and oxygen atoms in total. The third kappa shape index (κ3) is 3.63. The minimum Gasteiger partial charge on any atom is -0.420 e. The highest BCUT2D eigenvalue weighted by Crippen LogP contribution is 2.31. The Balaban J connectivity index is 1.45. The van der Waals surface area contributed by atoms with Crippen LogP contribution in [-0.2, 0) is 10.0 Å². The summed E-state index contributed by atoms with van der Waals surface area (Å²) >= 11 is 0. The van der Waals surface area contributed by atoms with Gasteiger partial charge in [0, 0.05) is 24.6 Å². The fourth-order valence-electron chi connectivity index (χ4n) is 3.19. The highest BCUT2D eigenvalue weighted by Gasteiger charge is 2.32. The maximum absolute atomic E-state index is 13.0. The second kappa shape index (κ2) is 7.21. The Morgan fingerprint density at radius 3 is 2.30 bits per heavy atom. The van der Waals surface area contributed by atoms with Crippen molar-refractivity contribution in [2.24, 2.45) is 0 Å². The van der Waals surface area contributed by atoms with E-state index in [-0.39, 0.29) is 11.7 Å². The molecule has 2 aromatic carbocycles. The third-order valence-corrected chi connectivity index (χ3v) is 6.63. The molecule has 1 saturated heterocycles. The second-order valence-electron chi connectivity index (χ2n) is 6.44.